The van der Waals surface area contributed by atoms with Gasteiger partial charge in [0.2, 0.25) is 0 Å². The predicted molar refractivity (Wildman–Crippen MR) is 45.6 cm³/mol. The summed E-state index contributed by atoms with van der Waals surface area (Å²) >= 11 is 3.40. The summed E-state index contributed by atoms with van der Waals surface area (Å²) in [6.45, 7) is 6.13. The number of morpholine rings is 1. The predicted octanol–water partition coefficient (Wildman–Crippen LogP) is 1.15. The number of hydrogen-bond acceptors (Lipinski definition) is 2. The van der Waals surface area contributed by atoms with E-state index in [9.17, 15) is 0 Å². The van der Waals surface area contributed by atoms with Crippen molar-refractivity contribution in [1.29, 1.82) is 0 Å². The van der Waals surface area contributed by atoms with Gasteiger partial charge in [-0.15, -0.1) is 0 Å². The van der Waals surface area contributed by atoms with Crippen LogP contribution in [0.5, 0.6) is 0 Å². The first-order valence-electron chi connectivity index (χ1n) is 3.58. The molecule has 0 spiro atoms. The summed E-state index contributed by atoms with van der Waals surface area (Å²) < 4.78 is 5.71. The smallest absolute Gasteiger partial charge is 0.0803 e. The van der Waals surface area contributed by atoms with Crippen LogP contribution in [0.2, 0.25) is 0 Å². The van der Waals surface area contributed by atoms with Crippen LogP contribution in [0.4, 0.5) is 0 Å². The first-order chi connectivity index (χ1) is 4.64. The molecular weight excluding hydrogens is 194 g/mol. The monoisotopic (exact) mass is 207 g/mol. The van der Waals surface area contributed by atoms with Gasteiger partial charge in [0.15, 0.2) is 0 Å². The van der Waals surface area contributed by atoms with Gasteiger partial charge in [-0.2, -0.15) is 0 Å². The second-order valence-corrected chi connectivity index (χ2v) is 3.93. The SMILES string of the molecule is CC1(C)CNC[C@H](CBr)O1. The summed E-state index contributed by atoms with van der Waals surface area (Å²) in [7, 11) is 0. The van der Waals surface area contributed by atoms with Gasteiger partial charge in [0.05, 0.1) is 11.7 Å². The maximum Gasteiger partial charge on any atom is 0.0803 e. The van der Waals surface area contributed by atoms with Gasteiger partial charge in [-0.1, -0.05) is 15.9 Å². The molecule has 0 radical (unpaired) electrons. The molecule has 0 aromatic heterocycles. The molecule has 0 aromatic rings. The quantitative estimate of drug-likeness (QED) is 0.652. The number of rotatable bonds is 1. The van der Waals surface area contributed by atoms with Crippen LogP contribution in [0, 0.1) is 0 Å². The van der Waals surface area contributed by atoms with Gasteiger partial charge in [0, 0.05) is 18.4 Å². The Morgan fingerprint density at radius 3 is 2.80 bits per heavy atom. The highest BCUT2D eigenvalue weighted by Crippen LogP contribution is 2.15. The van der Waals surface area contributed by atoms with E-state index in [0.29, 0.717) is 6.10 Å². The Morgan fingerprint density at radius 1 is 1.70 bits per heavy atom. The molecule has 3 heteroatoms. The van der Waals surface area contributed by atoms with E-state index in [0.717, 1.165) is 18.4 Å². The van der Waals surface area contributed by atoms with Gasteiger partial charge in [-0.05, 0) is 13.8 Å². The van der Waals surface area contributed by atoms with Crippen LogP contribution >= 0.6 is 15.9 Å². The lowest BCUT2D eigenvalue weighted by atomic mass is 10.1. The lowest BCUT2D eigenvalue weighted by Crippen LogP contribution is -2.50. The van der Waals surface area contributed by atoms with Crippen LogP contribution < -0.4 is 5.32 Å². The average Bonchev–Trinajstić information content (AvgIpc) is 1.86. The molecule has 1 saturated heterocycles. The van der Waals surface area contributed by atoms with E-state index in [4.69, 9.17) is 4.74 Å². The normalized spacial score (nSPS) is 32.1. The summed E-state index contributed by atoms with van der Waals surface area (Å²) in [5.74, 6) is 0. The zero-order valence-corrected chi connectivity index (χ0v) is 8.07. The lowest BCUT2D eigenvalue weighted by molar-refractivity contribution is -0.0827. The van der Waals surface area contributed by atoms with Crippen molar-refractivity contribution in [1.82, 2.24) is 5.32 Å². The molecular formula is C7H14BrNO. The van der Waals surface area contributed by atoms with E-state index in [1.807, 2.05) is 0 Å². The number of halogens is 1. The van der Waals surface area contributed by atoms with Gasteiger partial charge in [-0.25, -0.2) is 0 Å². The van der Waals surface area contributed by atoms with Crippen LogP contribution in [0.3, 0.4) is 0 Å². The van der Waals surface area contributed by atoms with Crippen molar-refractivity contribution in [2.45, 2.75) is 25.6 Å². The third-order valence-electron chi connectivity index (χ3n) is 1.58. The summed E-state index contributed by atoms with van der Waals surface area (Å²) in [5, 5.41) is 4.24. The molecule has 0 aliphatic carbocycles. The average molecular weight is 208 g/mol. The summed E-state index contributed by atoms with van der Waals surface area (Å²) in [6, 6.07) is 0. The first kappa shape index (κ1) is 8.50. The third-order valence-corrected chi connectivity index (χ3v) is 2.30. The maximum absolute atomic E-state index is 5.71. The van der Waals surface area contributed by atoms with Gasteiger partial charge in [0.25, 0.3) is 0 Å². The van der Waals surface area contributed by atoms with Crippen molar-refractivity contribution in [3.63, 3.8) is 0 Å². The Kier molecular flexibility index (Phi) is 2.72. The fourth-order valence-electron chi connectivity index (χ4n) is 1.15. The first-order valence-corrected chi connectivity index (χ1v) is 4.71. The van der Waals surface area contributed by atoms with Crippen molar-refractivity contribution in [2.75, 3.05) is 18.4 Å². The molecule has 1 fully saturated rings. The Hall–Kier alpha value is 0.400. The van der Waals surface area contributed by atoms with Crippen LogP contribution in [0.25, 0.3) is 0 Å². The molecule has 1 aliphatic heterocycles. The van der Waals surface area contributed by atoms with Gasteiger partial charge in [0.1, 0.15) is 0 Å². The van der Waals surface area contributed by atoms with Crippen molar-refractivity contribution >= 4 is 15.9 Å². The molecule has 1 heterocycles. The summed E-state index contributed by atoms with van der Waals surface area (Å²) in [4.78, 5) is 0. The minimum atomic E-state index is 0.0106. The van der Waals surface area contributed by atoms with Crippen LogP contribution in [0.1, 0.15) is 13.8 Å². The molecule has 60 valence electrons. The molecule has 0 bridgehead atoms. The summed E-state index contributed by atoms with van der Waals surface area (Å²) in [6.07, 6.45) is 0.337. The minimum absolute atomic E-state index is 0.0106. The fraction of sp³-hybridized carbons (Fsp3) is 1.00. The van der Waals surface area contributed by atoms with E-state index in [1.165, 1.54) is 0 Å². The standard InChI is InChI=1S/C7H14BrNO/c1-7(2)5-9-4-6(3-8)10-7/h6,9H,3-5H2,1-2H3/t6-/m0/s1. The van der Waals surface area contributed by atoms with Gasteiger partial charge >= 0.3 is 0 Å². The Morgan fingerprint density at radius 2 is 2.40 bits per heavy atom. The van der Waals surface area contributed by atoms with Crippen molar-refractivity contribution in [3.05, 3.63) is 0 Å². The maximum atomic E-state index is 5.71. The summed E-state index contributed by atoms with van der Waals surface area (Å²) in [5.41, 5.74) is 0.0106. The van der Waals surface area contributed by atoms with Gasteiger partial charge < -0.3 is 10.1 Å². The molecule has 1 atom stereocenters. The number of hydrogen-bond donors (Lipinski definition) is 1. The highest BCUT2D eigenvalue weighted by atomic mass is 79.9. The zero-order chi connectivity index (χ0) is 7.61. The van der Waals surface area contributed by atoms with Crippen LogP contribution in [-0.4, -0.2) is 30.1 Å². The topological polar surface area (TPSA) is 21.3 Å². The minimum Gasteiger partial charge on any atom is -0.369 e. The largest absolute Gasteiger partial charge is 0.369 e. The second kappa shape index (κ2) is 3.20. The number of ether oxygens (including phenoxy) is 1. The van der Waals surface area contributed by atoms with E-state index in [-0.39, 0.29) is 5.60 Å². The number of nitrogens with one attached hydrogen (secondary N) is 1. The highest BCUT2D eigenvalue weighted by Gasteiger charge is 2.27. The van der Waals surface area contributed by atoms with Crippen LogP contribution in [0.15, 0.2) is 0 Å². The molecule has 1 aliphatic rings. The van der Waals surface area contributed by atoms with E-state index >= 15 is 0 Å². The van der Waals surface area contributed by atoms with Crippen molar-refractivity contribution in [3.8, 4) is 0 Å². The van der Waals surface area contributed by atoms with Gasteiger partial charge in [-0.3, -0.25) is 0 Å². The molecule has 0 saturated carbocycles. The molecule has 2 nitrogen and oxygen atoms in total. The van der Waals surface area contributed by atoms with E-state index in [2.05, 4.69) is 35.1 Å². The second-order valence-electron chi connectivity index (χ2n) is 3.28. The molecule has 1 rings (SSSR count). The molecule has 10 heavy (non-hydrogen) atoms. The van der Waals surface area contributed by atoms with Crippen molar-refractivity contribution in [2.24, 2.45) is 0 Å². The molecule has 1 N–H and O–H groups in total. The van der Waals surface area contributed by atoms with E-state index in [1.54, 1.807) is 0 Å². The fourth-order valence-corrected chi connectivity index (χ4v) is 1.52. The van der Waals surface area contributed by atoms with Crippen LogP contribution in [-0.2, 0) is 4.74 Å². The molecule has 0 aromatic carbocycles. The number of alkyl halides is 1. The Bertz CT molecular complexity index is 116. The Balaban J connectivity index is 2.40. The van der Waals surface area contributed by atoms with Crippen molar-refractivity contribution < 1.29 is 4.74 Å². The zero-order valence-electron chi connectivity index (χ0n) is 6.48. The van der Waals surface area contributed by atoms with E-state index < -0.39 is 0 Å². The molecule has 0 unspecified atom stereocenters. The Labute approximate surface area is 70.5 Å². The molecule has 0 amide bonds. The third kappa shape index (κ3) is 2.22. The highest BCUT2D eigenvalue weighted by molar-refractivity contribution is 9.09. The lowest BCUT2D eigenvalue weighted by Gasteiger charge is -2.35.